The maximum absolute atomic E-state index is 12.4. The summed E-state index contributed by atoms with van der Waals surface area (Å²) in [5.41, 5.74) is 2.24. The van der Waals surface area contributed by atoms with Crippen LogP contribution in [0.5, 0.6) is 0 Å². The maximum atomic E-state index is 12.4. The third kappa shape index (κ3) is 6.60. The molecule has 0 spiro atoms. The third-order valence-electron chi connectivity index (χ3n) is 5.87. The number of hydrogen-bond acceptors (Lipinski definition) is 3. The van der Waals surface area contributed by atoms with Gasteiger partial charge in [-0.1, -0.05) is 60.7 Å². The molecule has 0 heterocycles. The number of hydrogen-bond donors (Lipinski definition) is 0. The van der Waals surface area contributed by atoms with E-state index in [-0.39, 0.29) is 12.1 Å². The molecule has 4 heteroatoms. The van der Waals surface area contributed by atoms with Crippen LogP contribution in [0, 0.1) is 0 Å². The third-order valence-corrected chi connectivity index (χ3v) is 5.87. The Hall–Kier alpha value is -2.33. The highest BCUT2D eigenvalue weighted by Gasteiger charge is 2.31. The minimum Gasteiger partial charge on any atom is -0.444 e. The van der Waals surface area contributed by atoms with Crippen LogP contribution in [0.3, 0.4) is 0 Å². The Balaban J connectivity index is 1.63. The van der Waals surface area contributed by atoms with Gasteiger partial charge in [-0.3, -0.25) is 4.90 Å². The van der Waals surface area contributed by atoms with E-state index in [1.807, 2.05) is 27.8 Å². The quantitative estimate of drug-likeness (QED) is 0.599. The molecule has 0 bridgehead atoms. The first-order valence-electron chi connectivity index (χ1n) is 11.1. The summed E-state index contributed by atoms with van der Waals surface area (Å²) in [5, 5.41) is 0. The van der Waals surface area contributed by atoms with Gasteiger partial charge in [0.25, 0.3) is 0 Å². The summed E-state index contributed by atoms with van der Waals surface area (Å²) in [4.78, 5) is 16.9. The molecule has 2 aromatic carbocycles. The molecule has 1 amide bonds. The molecule has 4 nitrogen and oxygen atoms in total. The van der Waals surface area contributed by atoms with E-state index in [1.54, 1.807) is 4.90 Å². The Labute approximate surface area is 181 Å². The lowest BCUT2D eigenvalue weighted by atomic mass is 9.89. The number of carbonyl (C=O) groups excluding carboxylic acids is 1. The van der Waals surface area contributed by atoms with Crippen molar-refractivity contribution in [2.75, 3.05) is 7.05 Å². The lowest BCUT2D eigenvalue weighted by Crippen LogP contribution is -2.45. The highest BCUT2D eigenvalue weighted by Crippen LogP contribution is 2.29. The molecule has 0 N–H and O–H groups in total. The van der Waals surface area contributed by atoms with E-state index in [1.165, 1.54) is 11.1 Å². The highest BCUT2D eigenvalue weighted by molar-refractivity contribution is 5.68. The Morgan fingerprint density at radius 1 is 0.833 bits per heavy atom. The van der Waals surface area contributed by atoms with Crippen LogP contribution in [0.4, 0.5) is 4.79 Å². The predicted molar refractivity (Wildman–Crippen MR) is 122 cm³/mol. The monoisotopic (exact) mass is 408 g/mol. The van der Waals surface area contributed by atoms with E-state index in [9.17, 15) is 4.79 Å². The van der Waals surface area contributed by atoms with Crippen LogP contribution in [0.2, 0.25) is 0 Å². The second-order valence-corrected chi connectivity index (χ2v) is 9.43. The molecule has 1 fully saturated rings. The molecular formula is C26H36N2O2. The summed E-state index contributed by atoms with van der Waals surface area (Å²) >= 11 is 0. The van der Waals surface area contributed by atoms with Crippen molar-refractivity contribution in [3.8, 4) is 0 Å². The Kier molecular flexibility index (Phi) is 7.54. The average Bonchev–Trinajstić information content (AvgIpc) is 2.73. The molecule has 0 radical (unpaired) electrons. The van der Waals surface area contributed by atoms with Crippen LogP contribution in [0.15, 0.2) is 60.7 Å². The molecule has 30 heavy (non-hydrogen) atoms. The van der Waals surface area contributed by atoms with Crippen molar-refractivity contribution in [3.05, 3.63) is 71.8 Å². The summed E-state index contributed by atoms with van der Waals surface area (Å²) in [6.07, 6.45) is 4.01. The zero-order chi connectivity index (χ0) is 21.6. The maximum Gasteiger partial charge on any atom is 0.410 e. The summed E-state index contributed by atoms with van der Waals surface area (Å²) in [5.74, 6) is 0. The van der Waals surface area contributed by atoms with Crippen LogP contribution < -0.4 is 0 Å². The van der Waals surface area contributed by atoms with Gasteiger partial charge in [0.2, 0.25) is 0 Å². The number of amides is 1. The molecule has 0 atom stereocenters. The fourth-order valence-electron chi connectivity index (χ4n) is 4.24. The highest BCUT2D eigenvalue weighted by atomic mass is 16.6. The van der Waals surface area contributed by atoms with E-state index in [0.29, 0.717) is 6.04 Å². The molecular weight excluding hydrogens is 372 g/mol. The molecule has 1 aliphatic carbocycles. The van der Waals surface area contributed by atoms with Gasteiger partial charge in [-0.05, 0) is 57.6 Å². The summed E-state index contributed by atoms with van der Waals surface area (Å²) in [7, 11) is 1.88. The first kappa shape index (κ1) is 22.4. The van der Waals surface area contributed by atoms with Crippen molar-refractivity contribution in [2.45, 2.75) is 77.2 Å². The second-order valence-electron chi connectivity index (χ2n) is 9.43. The summed E-state index contributed by atoms with van der Waals surface area (Å²) in [6.45, 7) is 7.65. The predicted octanol–water partition coefficient (Wildman–Crippen LogP) is 5.87. The van der Waals surface area contributed by atoms with Gasteiger partial charge in [-0.2, -0.15) is 0 Å². The molecule has 0 aromatic heterocycles. The van der Waals surface area contributed by atoms with Crippen LogP contribution >= 0.6 is 0 Å². The molecule has 0 aliphatic heterocycles. The lowest BCUT2D eigenvalue weighted by Gasteiger charge is -2.40. The Bertz CT molecular complexity index is 736. The van der Waals surface area contributed by atoms with Gasteiger partial charge in [-0.25, -0.2) is 4.79 Å². The first-order valence-corrected chi connectivity index (χ1v) is 11.1. The van der Waals surface area contributed by atoms with Gasteiger partial charge in [0.05, 0.1) is 0 Å². The summed E-state index contributed by atoms with van der Waals surface area (Å²) < 4.78 is 5.56. The van der Waals surface area contributed by atoms with Crippen LogP contribution in [-0.4, -0.2) is 40.6 Å². The Morgan fingerprint density at radius 2 is 1.27 bits per heavy atom. The number of rotatable bonds is 6. The van der Waals surface area contributed by atoms with Crippen molar-refractivity contribution < 1.29 is 9.53 Å². The average molecular weight is 409 g/mol. The van der Waals surface area contributed by atoms with Gasteiger partial charge in [0.1, 0.15) is 5.60 Å². The van der Waals surface area contributed by atoms with Crippen molar-refractivity contribution in [2.24, 2.45) is 0 Å². The molecule has 1 aliphatic rings. The molecule has 0 saturated heterocycles. The lowest BCUT2D eigenvalue weighted by molar-refractivity contribution is 0.0144. The van der Waals surface area contributed by atoms with Crippen LogP contribution in [-0.2, 0) is 17.8 Å². The first-order chi connectivity index (χ1) is 14.3. The van der Waals surface area contributed by atoms with E-state index in [4.69, 9.17) is 4.74 Å². The van der Waals surface area contributed by atoms with E-state index >= 15 is 0 Å². The van der Waals surface area contributed by atoms with Crippen LogP contribution in [0.1, 0.15) is 57.6 Å². The van der Waals surface area contributed by atoms with Crippen LogP contribution in [0.25, 0.3) is 0 Å². The van der Waals surface area contributed by atoms with Gasteiger partial charge in [0, 0.05) is 32.2 Å². The fraction of sp³-hybridized carbons (Fsp3) is 0.500. The number of carbonyl (C=O) groups is 1. The van der Waals surface area contributed by atoms with Crippen molar-refractivity contribution in [1.82, 2.24) is 9.80 Å². The second kappa shape index (κ2) is 10.1. The van der Waals surface area contributed by atoms with E-state index in [2.05, 4.69) is 65.6 Å². The molecule has 3 rings (SSSR count). The van der Waals surface area contributed by atoms with E-state index in [0.717, 1.165) is 38.8 Å². The Morgan fingerprint density at radius 3 is 1.70 bits per heavy atom. The van der Waals surface area contributed by atoms with E-state index < -0.39 is 5.60 Å². The SMILES string of the molecule is CN(C(=O)OC(C)(C)C)C1CCC(N(Cc2ccccc2)Cc2ccccc2)CC1. The number of benzene rings is 2. The number of ether oxygens (including phenoxy) is 1. The molecule has 0 unspecified atom stereocenters. The standard InChI is InChI=1S/C26H36N2O2/c1-26(2,3)30-25(29)27(4)23-15-17-24(18-16-23)28(19-21-11-7-5-8-12-21)20-22-13-9-6-10-14-22/h5-14,23-24H,15-20H2,1-4H3. The summed E-state index contributed by atoms with van der Waals surface area (Å²) in [6, 6.07) is 22.2. The smallest absolute Gasteiger partial charge is 0.410 e. The van der Waals surface area contributed by atoms with Gasteiger partial charge >= 0.3 is 6.09 Å². The molecule has 2 aromatic rings. The minimum absolute atomic E-state index is 0.212. The van der Waals surface area contributed by atoms with Gasteiger partial charge < -0.3 is 9.64 Å². The van der Waals surface area contributed by atoms with Crippen molar-refractivity contribution >= 4 is 6.09 Å². The zero-order valence-corrected chi connectivity index (χ0v) is 18.9. The van der Waals surface area contributed by atoms with Crippen molar-refractivity contribution in [1.29, 1.82) is 0 Å². The van der Waals surface area contributed by atoms with Gasteiger partial charge in [-0.15, -0.1) is 0 Å². The zero-order valence-electron chi connectivity index (χ0n) is 18.9. The minimum atomic E-state index is -0.454. The molecule has 162 valence electrons. The number of nitrogens with zero attached hydrogens (tertiary/aromatic N) is 2. The topological polar surface area (TPSA) is 32.8 Å². The van der Waals surface area contributed by atoms with Gasteiger partial charge in [0.15, 0.2) is 0 Å². The normalized spacial score (nSPS) is 19.5. The largest absolute Gasteiger partial charge is 0.444 e. The molecule has 1 saturated carbocycles. The van der Waals surface area contributed by atoms with Crippen molar-refractivity contribution in [3.63, 3.8) is 0 Å². The fourth-order valence-corrected chi connectivity index (χ4v) is 4.24.